The average molecular weight is 268 g/mol. The largest absolute Gasteiger partial charge is 0.464 e. The van der Waals surface area contributed by atoms with E-state index < -0.39 is 0 Å². The number of rotatable bonds is 3. The van der Waals surface area contributed by atoms with E-state index in [4.69, 9.17) is 10.2 Å². The number of nitrogens with zero attached hydrogens (tertiary/aromatic N) is 3. The summed E-state index contributed by atoms with van der Waals surface area (Å²) in [7, 11) is 0. The first-order chi connectivity index (χ1) is 9.66. The van der Waals surface area contributed by atoms with E-state index in [0.29, 0.717) is 5.69 Å². The van der Waals surface area contributed by atoms with Crippen molar-refractivity contribution >= 4 is 5.69 Å². The van der Waals surface area contributed by atoms with Gasteiger partial charge in [-0.1, -0.05) is 0 Å². The van der Waals surface area contributed by atoms with E-state index in [0.717, 1.165) is 22.8 Å². The molecule has 0 aliphatic heterocycles. The molecule has 3 heterocycles. The Hall–Kier alpha value is -2.56. The zero-order valence-corrected chi connectivity index (χ0v) is 11.4. The molecule has 0 radical (unpaired) electrons. The van der Waals surface area contributed by atoms with E-state index >= 15 is 0 Å². The Kier molecular flexibility index (Phi) is 3.02. The van der Waals surface area contributed by atoms with Gasteiger partial charge in [-0.3, -0.25) is 4.98 Å². The van der Waals surface area contributed by atoms with Gasteiger partial charge in [0, 0.05) is 23.6 Å². The van der Waals surface area contributed by atoms with Gasteiger partial charge in [0.25, 0.3) is 0 Å². The summed E-state index contributed by atoms with van der Waals surface area (Å²) < 4.78 is 7.73. The molecule has 1 unspecified atom stereocenters. The Bertz CT molecular complexity index is 729. The van der Waals surface area contributed by atoms with E-state index in [9.17, 15) is 0 Å². The molecule has 5 heteroatoms. The molecule has 0 saturated carbocycles. The van der Waals surface area contributed by atoms with Crippen LogP contribution < -0.4 is 5.73 Å². The molecule has 0 aromatic carbocycles. The van der Waals surface area contributed by atoms with E-state index in [1.807, 2.05) is 23.6 Å². The molecule has 0 aliphatic carbocycles. The lowest BCUT2D eigenvalue weighted by atomic mass is 10.1. The van der Waals surface area contributed by atoms with Gasteiger partial charge in [-0.2, -0.15) is 0 Å². The van der Waals surface area contributed by atoms with Crippen molar-refractivity contribution in [2.75, 3.05) is 5.73 Å². The fourth-order valence-electron chi connectivity index (χ4n) is 2.26. The predicted octanol–water partition coefficient (Wildman–Crippen LogP) is 3.04. The summed E-state index contributed by atoms with van der Waals surface area (Å²) in [5.74, 6) is 1.79. The van der Waals surface area contributed by atoms with Crippen LogP contribution in [-0.4, -0.2) is 14.5 Å². The Labute approximate surface area is 117 Å². The lowest BCUT2D eigenvalue weighted by molar-refractivity contribution is 0.430. The van der Waals surface area contributed by atoms with Gasteiger partial charge in [0.1, 0.15) is 11.5 Å². The first-order valence-corrected chi connectivity index (χ1v) is 6.45. The Balaban J connectivity index is 2.05. The highest BCUT2D eigenvalue weighted by Crippen LogP contribution is 2.29. The third-order valence-corrected chi connectivity index (χ3v) is 3.39. The molecule has 0 saturated heterocycles. The van der Waals surface area contributed by atoms with E-state index in [-0.39, 0.29) is 6.04 Å². The van der Waals surface area contributed by atoms with E-state index in [2.05, 4.69) is 16.9 Å². The number of aromatic nitrogens is 3. The van der Waals surface area contributed by atoms with E-state index in [1.165, 1.54) is 0 Å². The van der Waals surface area contributed by atoms with Gasteiger partial charge in [-0.05, 0) is 32.0 Å². The molecule has 0 aliphatic rings. The molecule has 5 nitrogen and oxygen atoms in total. The number of hydrogen-bond donors (Lipinski definition) is 1. The number of aryl methyl sites for hydroxylation is 1. The molecule has 0 fully saturated rings. The van der Waals surface area contributed by atoms with Crippen molar-refractivity contribution in [2.45, 2.75) is 19.9 Å². The quantitative estimate of drug-likeness (QED) is 0.792. The second-order valence-corrected chi connectivity index (χ2v) is 4.77. The molecule has 3 aromatic rings. The smallest absolute Gasteiger partial charge is 0.126 e. The maximum absolute atomic E-state index is 6.02. The van der Waals surface area contributed by atoms with Crippen molar-refractivity contribution in [3.63, 3.8) is 0 Å². The number of hydrogen-bond acceptors (Lipinski definition) is 4. The third-order valence-electron chi connectivity index (χ3n) is 3.39. The number of nitrogen functional groups attached to an aromatic ring is 1. The van der Waals surface area contributed by atoms with Crippen LogP contribution in [0.5, 0.6) is 0 Å². The van der Waals surface area contributed by atoms with Gasteiger partial charge in [-0.25, -0.2) is 4.98 Å². The zero-order valence-electron chi connectivity index (χ0n) is 11.4. The zero-order chi connectivity index (χ0) is 14.1. The summed E-state index contributed by atoms with van der Waals surface area (Å²) in [4.78, 5) is 8.37. The highest BCUT2D eigenvalue weighted by atomic mass is 16.3. The molecule has 3 aromatic heterocycles. The normalized spacial score (nSPS) is 12.5. The molecule has 1 atom stereocenters. The van der Waals surface area contributed by atoms with Gasteiger partial charge >= 0.3 is 0 Å². The van der Waals surface area contributed by atoms with Crippen molar-refractivity contribution in [2.24, 2.45) is 0 Å². The molecule has 0 spiro atoms. The average Bonchev–Trinajstić information content (AvgIpc) is 3.07. The molecular weight excluding hydrogens is 252 g/mol. The van der Waals surface area contributed by atoms with Crippen molar-refractivity contribution in [1.82, 2.24) is 14.5 Å². The fourth-order valence-corrected chi connectivity index (χ4v) is 2.26. The van der Waals surface area contributed by atoms with Crippen LogP contribution in [0, 0.1) is 6.92 Å². The molecule has 3 rings (SSSR count). The summed E-state index contributed by atoms with van der Waals surface area (Å²) in [5.41, 5.74) is 8.51. The number of nitrogens with two attached hydrogens (primary N) is 1. The Morgan fingerprint density at radius 2 is 2.05 bits per heavy atom. The van der Waals surface area contributed by atoms with Gasteiger partial charge in [0.2, 0.25) is 0 Å². The molecule has 102 valence electrons. The second-order valence-electron chi connectivity index (χ2n) is 4.77. The van der Waals surface area contributed by atoms with Crippen LogP contribution in [0.25, 0.3) is 11.3 Å². The van der Waals surface area contributed by atoms with Crippen LogP contribution in [-0.2, 0) is 0 Å². The molecule has 20 heavy (non-hydrogen) atoms. The van der Waals surface area contributed by atoms with Gasteiger partial charge in [0.15, 0.2) is 0 Å². The van der Waals surface area contributed by atoms with Crippen molar-refractivity contribution in [3.05, 3.63) is 54.6 Å². The van der Waals surface area contributed by atoms with E-state index in [1.54, 1.807) is 31.0 Å². The Morgan fingerprint density at radius 3 is 2.75 bits per heavy atom. The van der Waals surface area contributed by atoms with Crippen molar-refractivity contribution < 1.29 is 4.42 Å². The lowest BCUT2D eigenvalue weighted by Crippen LogP contribution is -2.07. The molecule has 2 N–H and O–H groups in total. The molecular formula is C15H16N4O. The summed E-state index contributed by atoms with van der Waals surface area (Å²) >= 11 is 0. The maximum Gasteiger partial charge on any atom is 0.126 e. The number of imidazole rings is 1. The van der Waals surface area contributed by atoms with Crippen molar-refractivity contribution in [3.8, 4) is 11.3 Å². The van der Waals surface area contributed by atoms with Crippen LogP contribution in [0.2, 0.25) is 0 Å². The fraction of sp³-hybridized carbons (Fsp3) is 0.200. The first kappa shape index (κ1) is 12.5. The van der Waals surface area contributed by atoms with Gasteiger partial charge in [0.05, 0.1) is 24.3 Å². The highest BCUT2D eigenvalue weighted by molar-refractivity contribution is 5.72. The van der Waals surface area contributed by atoms with Gasteiger partial charge < -0.3 is 14.7 Å². The monoisotopic (exact) mass is 268 g/mol. The maximum atomic E-state index is 6.02. The van der Waals surface area contributed by atoms with Crippen LogP contribution >= 0.6 is 0 Å². The van der Waals surface area contributed by atoms with Crippen LogP contribution in [0.1, 0.15) is 24.5 Å². The minimum atomic E-state index is 0.0424. The first-order valence-electron chi connectivity index (χ1n) is 6.45. The molecule has 0 amide bonds. The highest BCUT2D eigenvalue weighted by Gasteiger charge is 2.17. The molecule has 0 bridgehead atoms. The van der Waals surface area contributed by atoms with Crippen molar-refractivity contribution in [1.29, 1.82) is 0 Å². The summed E-state index contributed by atoms with van der Waals surface area (Å²) in [6.45, 7) is 4.00. The third kappa shape index (κ3) is 2.07. The number of anilines is 1. The number of pyridine rings is 1. The summed E-state index contributed by atoms with van der Waals surface area (Å²) in [6.07, 6.45) is 7.01. The summed E-state index contributed by atoms with van der Waals surface area (Å²) in [6, 6.07) is 5.77. The SMILES string of the molecule is Cc1ccc(C(C)n2cncc2-c2cnccc2N)o1. The predicted molar refractivity (Wildman–Crippen MR) is 77.1 cm³/mol. The topological polar surface area (TPSA) is 69.9 Å². The van der Waals surface area contributed by atoms with Crippen LogP contribution in [0.3, 0.4) is 0 Å². The minimum absolute atomic E-state index is 0.0424. The summed E-state index contributed by atoms with van der Waals surface area (Å²) in [5, 5.41) is 0. The van der Waals surface area contributed by atoms with Gasteiger partial charge in [-0.15, -0.1) is 0 Å². The van der Waals surface area contributed by atoms with Crippen LogP contribution in [0.4, 0.5) is 5.69 Å². The second kappa shape index (κ2) is 4.85. The standard InChI is InChI=1S/C15H16N4O/c1-10-3-4-15(20-10)11(2)19-9-18-8-14(19)12-7-17-6-5-13(12)16/h3-9,11H,1-2H3,(H2,16,17). The minimum Gasteiger partial charge on any atom is -0.464 e. The number of furan rings is 1. The lowest BCUT2D eigenvalue weighted by Gasteiger charge is -2.15. The van der Waals surface area contributed by atoms with Crippen LogP contribution in [0.15, 0.2) is 47.5 Å². The Morgan fingerprint density at radius 1 is 1.20 bits per heavy atom.